The quantitative estimate of drug-likeness (QED) is 0.616. The zero-order valence-electron chi connectivity index (χ0n) is 7.07. The summed E-state index contributed by atoms with van der Waals surface area (Å²) in [5, 5.41) is 17.2. The molecule has 12 heavy (non-hydrogen) atoms. The van der Waals surface area contributed by atoms with Gasteiger partial charge in [-0.05, 0) is 18.9 Å². The Morgan fingerprint density at radius 1 is 1.58 bits per heavy atom. The Morgan fingerprint density at radius 2 is 2.33 bits per heavy atom. The van der Waals surface area contributed by atoms with Crippen LogP contribution in [0.1, 0.15) is 12.8 Å². The summed E-state index contributed by atoms with van der Waals surface area (Å²) in [4.78, 5) is 12.3. The van der Waals surface area contributed by atoms with Gasteiger partial charge in [-0.1, -0.05) is 0 Å². The minimum Gasteiger partial charge on any atom is -0.481 e. The number of aliphatic hydroxyl groups is 1. The summed E-state index contributed by atoms with van der Waals surface area (Å²) in [6.07, 6.45) is 1.20. The van der Waals surface area contributed by atoms with Gasteiger partial charge in [0.05, 0.1) is 6.42 Å². The van der Waals surface area contributed by atoms with Gasteiger partial charge in [0.25, 0.3) is 0 Å². The molecule has 0 aromatic rings. The van der Waals surface area contributed by atoms with Gasteiger partial charge in [0, 0.05) is 19.7 Å². The number of aliphatic hydroxyl groups excluding tert-OH is 1. The first kappa shape index (κ1) is 9.48. The van der Waals surface area contributed by atoms with E-state index in [1.54, 1.807) is 0 Å². The zero-order valence-corrected chi connectivity index (χ0v) is 7.07. The fourth-order valence-electron chi connectivity index (χ4n) is 1.52. The lowest BCUT2D eigenvalue weighted by Gasteiger charge is -2.13. The Balaban J connectivity index is 2.15. The minimum absolute atomic E-state index is 0.206. The molecule has 0 spiro atoms. The van der Waals surface area contributed by atoms with Gasteiger partial charge in [-0.25, -0.2) is 0 Å². The third-order valence-corrected chi connectivity index (χ3v) is 2.27. The highest BCUT2D eigenvalue weighted by Gasteiger charge is 2.21. The number of carbonyl (C=O) groups is 1. The Hall–Kier alpha value is -0.610. The summed E-state index contributed by atoms with van der Waals surface area (Å²) in [7, 11) is 0. The van der Waals surface area contributed by atoms with Crippen LogP contribution in [0.25, 0.3) is 0 Å². The average molecular weight is 173 g/mol. The number of rotatable bonds is 4. The lowest BCUT2D eigenvalue weighted by molar-refractivity contribution is -0.137. The van der Waals surface area contributed by atoms with Gasteiger partial charge < -0.3 is 15.1 Å². The third-order valence-electron chi connectivity index (χ3n) is 2.27. The number of hydrogen-bond acceptors (Lipinski definition) is 3. The molecule has 70 valence electrons. The van der Waals surface area contributed by atoms with E-state index in [9.17, 15) is 4.79 Å². The number of likely N-dealkylation sites (tertiary alicyclic amines) is 1. The van der Waals surface area contributed by atoms with E-state index in [0.29, 0.717) is 12.5 Å². The van der Waals surface area contributed by atoms with Crippen LogP contribution < -0.4 is 0 Å². The van der Waals surface area contributed by atoms with E-state index >= 15 is 0 Å². The lowest BCUT2D eigenvalue weighted by atomic mass is 10.1. The summed E-state index contributed by atoms with van der Waals surface area (Å²) >= 11 is 0. The van der Waals surface area contributed by atoms with Crippen LogP contribution in [0.3, 0.4) is 0 Å². The van der Waals surface area contributed by atoms with Crippen molar-refractivity contribution in [1.29, 1.82) is 0 Å². The molecule has 2 N–H and O–H groups in total. The monoisotopic (exact) mass is 173 g/mol. The van der Waals surface area contributed by atoms with Crippen LogP contribution in [-0.4, -0.2) is 47.3 Å². The smallest absolute Gasteiger partial charge is 0.304 e. The van der Waals surface area contributed by atoms with Crippen LogP contribution in [0, 0.1) is 5.92 Å². The summed E-state index contributed by atoms with van der Waals surface area (Å²) in [5.41, 5.74) is 0. The number of carboxylic acids is 1. The molecule has 0 unspecified atom stereocenters. The van der Waals surface area contributed by atoms with E-state index < -0.39 is 5.97 Å². The number of hydrogen-bond donors (Lipinski definition) is 2. The summed E-state index contributed by atoms with van der Waals surface area (Å²) in [6, 6.07) is 0. The molecule has 0 amide bonds. The topological polar surface area (TPSA) is 60.8 Å². The van der Waals surface area contributed by atoms with Crippen molar-refractivity contribution >= 4 is 5.97 Å². The van der Waals surface area contributed by atoms with Crippen LogP contribution >= 0.6 is 0 Å². The highest BCUT2D eigenvalue weighted by atomic mass is 16.4. The molecule has 0 saturated carbocycles. The molecule has 0 aliphatic carbocycles. The van der Waals surface area contributed by atoms with Gasteiger partial charge in [-0.3, -0.25) is 4.79 Å². The lowest BCUT2D eigenvalue weighted by Crippen LogP contribution is -2.24. The Kier molecular flexibility index (Phi) is 3.49. The first-order valence-corrected chi connectivity index (χ1v) is 4.27. The third kappa shape index (κ3) is 2.79. The predicted molar refractivity (Wildman–Crippen MR) is 43.9 cm³/mol. The second kappa shape index (κ2) is 4.42. The van der Waals surface area contributed by atoms with Crippen LogP contribution in [-0.2, 0) is 4.79 Å². The van der Waals surface area contributed by atoms with Gasteiger partial charge in [0.2, 0.25) is 0 Å². The van der Waals surface area contributed by atoms with E-state index in [1.165, 1.54) is 0 Å². The molecule has 0 radical (unpaired) electrons. The van der Waals surface area contributed by atoms with Crippen LogP contribution in [0.15, 0.2) is 0 Å². The van der Waals surface area contributed by atoms with E-state index in [2.05, 4.69) is 4.90 Å². The first-order chi connectivity index (χ1) is 5.72. The molecule has 4 nitrogen and oxygen atoms in total. The fourth-order valence-corrected chi connectivity index (χ4v) is 1.52. The van der Waals surface area contributed by atoms with E-state index in [0.717, 1.165) is 19.5 Å². The second-order valence-corrected chi connectivity index (χ2v) is 3.28. The molecule has 0 aromatic carbocycles. The molecule has 1 heterocycles. The maximum absolute atomic E-state index is 10.2. The maximum Gasteiger partial charge on any atom is 0.304 e. The van der Waals surface area contributed by atoms with Crippen molar-refractivity contribution < 1.29 is 15.0 Å². The van der Waals surface area contributed by atoms with Crippen molar-refractivity contribution in [3.8, 4) is 0 Å². The molecule has 0 aromatic heterocycles. The highest BCUT2D eigenvalue weighted by Crippen LogP contribution is 2.14. The maximum atomic E-state index is 10.2. The van der Waals surface area contributed by atoms with Crippen molar-refractivity contribution in [2.75, 3.05) is 26.2 Å². The van der Waals surface area contributed by atoms with Crippen LogP contribution in [0.2, 0.25) is 0 Å². The molecule has 1 rings (SSSR count). The molecular weight excluding hydrogens is 158 g/mol. The van der Waals surface area contributed by atoms with Crippen molar-refractivity contribution in [3.63, 3.8) is 0 Å². The molecule has 4 heteroatoms. The Labute approximate surface area is 71.8 Å². The number of aliphatic carboxylic acids is 1. The Bertz CT molecular complexity index is 160. The molecule has 1 saturated heterocycles. The van der Waals surface area contributed by atoms with Crippen molar-refractivity contribution in [1.82, 2.24) is 4.90 Å². The zero-order chi connectivity index (χ0) is 8.97. The second-order valence-electron chi connectivity index (χ2n) is 3.28. The van der Waals surface area contributed by atoms with Gasteiger partial charge in [0.15, 0.2) is 0 Å². The van der Waals surface area contributed by atoms with E-state index in [-0.39, 0.29) is 13.0 Å². The van der Waals surface area contributed by atoms with Crippen molar-refractivity contribution in [3.05, 3.63) is 0 Å². The first-order valence-electron chi connectivity index (χ1n) is 4.27. The van der Waals surface area contributed by atoms with Crippen molar-refractivity contribution in [2.24, 2.45) is 5.92 Å². The van der Waals surface area contributed by atoms with Gasteiger partial charge in [-0.15, -0.1) is 0 Å². The highest BCUT2D eigenvalue weighted by molar-refractivity contribution is 5.66. The Morgan fingerprint density at radius 3 is 2.83 bits per heavy atom. The summed E-state index contributed by atoms with van der Waals surface area (Å²) in [6.45, 7) is 2.62. The largest absolute Gasteiger partial charge is 0.481 e. The molecule has 0 bridgehead atoms. The number of nitrogens with zero attached hydrogens (tertiary/aromatic N) is 1. The fraction of sp³-hybridized carbons (Fsp3) is 0.875. The predicted octanol–water partition coefficient (Wildman–Crippen LogP) is -0.225. The normalized spacial score (nSPS) is 24.6. The standard InChI is InChI=1S/C8H15NO3/c10-6-7-1-3-9(5-7)4-2-8(11)12/h7,10H,1-6H2,(H,11,12)/t7-/m0/s1. The van der Waals surface area contributed by atoms with Gasteiger partial charge in [0.1, 0.15) is 0 Å². The summed E-state index contributed by atoms with van der Waals surface area (Å²) < 4.78 is 0. The average Bonchev–Trinajstić information content (AvgIpc) is 2.48. The van der Waals surface area contributed by atoms with Gasteiger partial charge in [-0.2, -0.15) is 0 Å². The summed E-state index contributed by atoms with van der Waals surface area (Å²) in [5.74, 6) is -0.388. The minimum atomic E-state index is -0.748. The molecule has 1 aliphatic rings. The van der Waals surface area contributed by atoms with E-state index in [4.69, 9.17) is 10.2 Å². The SMILES string of the molecule is O=C(O)CCN1CC[C@H](CO)C1. The van der Waals surface area contributed by atoms with Crippen LogP contribution in [0.5, 0.6) is 0 Å². The van der Waals surface area contributed by atoms with Crippen LogP contribution in [0.4, 0.5) is 0 Å². The number of carboxylic acid groups (broad SMARTS) is 1. The van der Waals surface area contributed by atoms with E-state index in [1.807, 2.05) is 0 Å². The van der Waals surface area contributed by atoms with Gasteiger partial charge >= 0.3 is 5.97 Å². The molecule has 1 atom stereocenters. The van der Waals surface area contributed by atoms with Crippen molar-refractivity contribution in [2.45, 2.75) is 12.8 Å². The molecule has 1 aliphatic heterocycles. The molecular formula is C8H15NO3. The molecule has 1 fully saturated rings.